The van der Waals surface area contributed by atoms with Crippen LogP contribution in [0.3, 0.4) is 0 Å². The standard InChI is InChI=1S/C29H43N9O9/c1-16(2)24-27(45)35-18(9-6-10-32-29(30)31)25(43)33-12-21(39)34-19(11-23(41)42)26(44)36-20(28(46)47)14-38(15-22(40)37-24)13-17-7-4-3-5-8-17/h3-5,7-8,16,18-20,24H,6,9-15H2,1-2H3,(H,33,43)(H,34,39)(H,35,45)(H,36,44)(H,37,40)(H,41,42)(H,46,47)(H4,30,31,32)/t18-,19-,20-,24+/m0/s1. The van der Waals surface area contributed by atoms with E-state index >= 15 is 0 Å². The lowest BCUT2D eigenvalue weighted by molar-refractivity contribution is -0.144. The molecular formula is C29H43N9O9. The first-order chi connectivity index (χ1) is 22.2. The van der Waals surface area contributed by atoms with Gasteiger partial charge in [0, 0.05) is 19.6 Å². The number of guanidine groups is 1. The predicted octanol–water partition coefficient (Wildman–Crippen LogP) is -3.17. The smallest absolute Gasteiger partial charge is 0.327 e. The van der Waals surface area contributed by atoms with E-state index in [2.05, 4.69) is 31.6 Å². The van der Waals surface area contributed by atoms with E-state index in [1.165, 1.54) is 4.90 Å². The van der Waals surface area contributed by atoms with Crippen molar-refractivity contribution in [3.63, 3.8) is 0 Å². The summed E-state index contributed by atoms with van der Waals surface area (Å²) in [7, 11) is 0. The van der Waals surface area contributed by atoms with E-state index < -0.39 is 97.6 Å². The quantitative estimate of drug-likeness (QED) is 0.0682. The van der Waals surface area contributed by atoms with Crippen LogP contribution in [0.15, 0.2) is 35.3 Å². The van der Waals surface area contributed by atoms with Crippen LogP contribution >= 0.6 is 0 Å². The van der Waals surface area contributed by atoms with Crippen LogP contribution in [0.25, 0.3) is 0 Å². The molecule has 0 bridgehead atoms. The maximum absolute atomic E-state index is 13.4. The molecule has 1 aromatic carbocycles. The van der Waals surface area contributed by atoms with Gasteiger partial charge < -0.3 is 48.3 Å². The molecule has 1 heterocycles. The predicted molar refractivity (Wildman–Crippen MR) is 167 cm³/mol. The third-order valence-corrected chi connectivity index (χ3v) is 6.97. The Bertz CT molecular complexity index is 1320. The maximum atomic E-state index is 13.4. The average molecular weight is 662 g/mol. The number of carboxylic acid groups (broad SMARTS) is 2. The summed E-state index contributed by atoms with van der Waals surface area (Å²) < 4.78 is 0. The normalized spacial score (nSPS) is 22.4. The van der Waals surface area contributed by atoms with Crippen LogP contribution in [0.1, 0.15) is 38.7 Å². The molecule has 1 aliphatic rings. The molecule has 5 amide bonds. The van der Waals surface area contributed by atoms with Gasteiger partial charge in [-0.25, -0.2) is 4.79 Å². The minimum Gasteiger partial charge on any atom is -0.481 e. The Morgan fingerprint density at radius 1 is 0.915 bits per heavy atom. The summed E-state index contributed by atoms with van der Waals surface area (Å²) >= 11 is 0. The van der Waals surface area contributed by atoms with E-state index in [4.69, 9.17) is 11.5 Å². The van der Waals surface area contributed by atoms with Crippen molar-refractivity contribution in [1.82, 2.24) is 31.5 Å². The molecule has 0 radical (unpaired) electrons. The minimum atomic E-state index is -1.70. The summed E-state index contributed by atoms with van der Waals surface area (Å²) in [5.41, 5.74) is 11.4. The Kier molecular flexibility index (Phi) is 15.0. The zero-order valence-corrected chi connectivity index (χ0v) is 26.2. The van der Waals surface area contributed by atoms with Gasteiger partial charge in [0.05, 0.1) is 19.5 Å². The van der Waals surface area contributed by atoms with Gasteiger partial charge in [0.1, 0.15) is 24.2 Å². The SMILES string of the molecule is CC(C)[C@H]1NC(=O)CN(Cc2ccccc2)C[C@@H](C(=O)O)NC(=O)[C@H](CC(=O)O)NC(=O)CNC(=O)[C@H](CCCN=C(N)N)NC1=O. The van der Waals surface area contributed by atoms with Crippen molar-refractivity contribution in [2.75, 3.05) is 26.2 Å². The fourth-order valence-corrected chi connectivity index (χ4v) is 4.65. The van der Waals surface area contributed by atoms with Gasteiger partial charge in [-0.2, -0.15) is 0 Å². The summed E-state index contributed by atoms with van der Waals surface area (Å²) in [5, 5.41) is 31.3. The molecule has 0 saturated carbocycles. The van der Waals surface area contributed by atoms with Crippen LogP contribution in [-0.4, -0.2) is 113 Å². The van der Waals surface area contributed by atoms with Crippen molar-refractivity contribution < 1.29 is 43.8 Å². The van der Waals surface area contributed by atoms with Gasteiger partial charge in [-0.3, -0.25) is 38.7 Å². The first kappa shape index (κ1) is 37.9. The second-order valence-electron chi connectivity index (χ2n) is 11.3. The highest BCUT2D eigenvalue weighted by molar-refractivity contribution is 5.96. The number of carbonyl (C=O) groups excluding carboxylic acids is 5. The van der Waals surface area contributed by atoms with Gasteiger partial charge >= 0.3 is 11.9 Å². The van der Waals surface area contributed by atoms with Gasteiger partial charge in [-0.15, -0.1) is 0 Å². The molecule has 1 saturated heterocycles. The molecule has 2 rings (SSSR count). The number of amides is 5. The fourth-order valence-electron chi connectivity index (χ4n) is 4.65. The Balaban J connectivity index is 2.47. The third-order valence-electron chi connectivity index (χ3n) is 6.97. The van der Waals surface area contributed by atoms with Crippen LogP contribution in [0, 0.1) is 5.92 Å². The number of nitrogens with one attached hydrogen (secondary N) is 5. The van der Waals surface area contributed by atoms with Crippen molar-refractivity contribution in [3.05, 3.63) is 35.9 Å². The topological polar surface area (TPSA) is 288 Å². The van der Waals surface area contributed by atoms with Crippen LogP contribution < -0.4 is 38.1 Å². The van der Waals surface area contributed by atoms with Crippen molar-refractivity contribution >= 4 is 47.4 Å². The largest absolute Gasteiger partial charge is 0.481 e. The highest BCUT2D eigenvalue weighted by atomic mass is 16.4. The van der Waals surface area contributed by atoms with Crippen LogP contribution in [0.2, 0.25) is 0 Å². The van der Waals surface area contributed by atoms with Crippen LogP contribution in [0.5, 0.6) is 0 Å². The molecule has 4 atom stereocenters. The number of carboxylic acids is 2. The van der Waals surface area contributed by atoms with Crippen molar-refractivity contribution in [2.24, 2.45) is 22.4 Å². The van der Waals surface area contributed by atoms with Crippen LogP contribution in [-0.2, 0) is 40.1 Å². The maximum Gasteiger partial charge on any atom is 0.327 e. The number of benzene rings is 1. The van der Waals surface area contributed by atoms with Crippen molar-refractivity contribution in [1.29, 1.82) is 0 Å². The summed E-state index contributed by atoms with van der Waals surface area (Å²) in [6.45, 7) is 2.06. The number of hydrogen-bond acceptors (Lipinski definition) is 9. The lowest BCUT2D eigenvalue weighted by atomic mass is 10.0. The number of carbonyl (C=O) groups is 7. The average Bonchev–Trinajstić information content (AvgIpc) is 2.98. The zero-order chi connectivity index (χ0) is 35.1. The third kappa shape index (κ3) is 13.7. The van der Waals surface area contributed by atoms with Gasteiger partial charge in [-0.05, 0) is 24.3 Å². The highest BCUT2D eigenvalue weighted by Crippen LogP contribution is 2.09. The number of rotatable bonds is 10. The number of hydrogen-bond donors (Lipinski definition) is 9. The number of aliphatic carboxylic acids is 2. The summed E-state index contributed by atoms with van der Waals surface area (Å²) in [5.74, 6) is -7.72. The molecule has 0 aromatic heterocycles. The van der Waals surface area contributed by atoms with E-state index in [0.29, 0.717) is 5.56 Å². The lowest BCUT2D eigenvalue weighted by Crippen LogP contribution is -2.59. The molecule has 258 valence electrons. The summed E-state index contributed by atoms with van der Waals surface area (Å²) in [6.07, 6.45) is -0.602. The second-order valence-corrected chi connectivity index (χ2v) is 11.3. The molecule has 0 aliphatic carbocycles. The number of nitrogens with two attached hydrogens (primary N) is 2. The van der Waals surface area contributed by atoms with E-state index in [1.54, 1.807) is 44.2 Å². The molecule has 0 spiro atoms. The minimum absolute atomic E-state index is 0.0419. The van der Waals surface area contributed by atoms with E-state index in [9.17, 15) is 43.8 Å². The number of aliphatic imine (C=N–C) groups is 1. The fraction of sp³-hybridized carbons (Fsp3) is 0.517. The molecule has 11 N–H and O–H groups in total. The Hall–Kier alpha value is -5.26. The van der Waals surface area contributed by atoms with Gasteiger partial charge in [-0.1, -0.05) is 44.2 Å². The molecule has 0 unspecified atom stereocenters. The zero-order valence-electron chi connectivity index (χ0n) is 26.2. The second kappa shape index (κ2) is 18.6. The monoisotopic (exact) mass is 661 g/mol. The van der Waals surface area contributed by atoms with E-state index in [1.807, 2.05) is 0 Å². The highest BCUT2D eigenvalue weighted by Gasteiger charge is 2.33. The molecule has 1 aromatic rings. The molecule has 18 nitrogen and oxygen atoms in total. The van der Waals surface area contributed by atoms with Gasteiger partial charge in [0.2, 0.25) is 29.5 Å². The van der Waals surface area contributed by atoms with Gasteiger partial charge in [0.25, 0.3) is 0 Å². The number of nitrogens with zero attached hydrogens (tertiary/aromatic N) is 2. The summed E-state index contributed by atoms with van der Waals surface area (Å²) in [6, 6.07) is 3.13. The van der Waals surface area contributed by atoms with Crippen molar-refractivity contribution in [3.8, 4) is 0 Å². The van der Waals surface area contributed by atoms with Crippen LogP contribution in [0.4, 0.5) is 0 Å². The lowest BCUT2D eigenvalue weighted by Gasteiger charge is -2.29. The molecule has 1 fully saturated rings. The van der Waals surface area contributed by atoms with Gasteiger partial charge in [0.15, 0.2) is 5.96 Å². The Morgan fingerprint density at radius 3 is 2.19 bits per heavy atom. The Morgan fingerprint density at radius 2 is 1.60 bits per heavy atom. The molecule has 1 aliphatic heterocycles. The molecule has 47 heavy (non-hydrogen) atoms. The first-order valence-corrected chi connectivity index (χ1v) is 14.9. The Labute approximate surface area is 271 Å². The van der Waals surface area contributed by atoms with Crippen molar-refractivity contribution in [2.45, 2.75) is 63.8 Å². The molecular weight excluding hydrogens is 618 g/mol. The summed E-state index contributed by atoms with van der Waals surface area (Å²) in [4.78, 5) is 94.6. The molecule has 18 heteroatoms. The first-order valence-electron chi connectivity index (χ1n) is 14.9. The van der Waals surface area contributed by atoms with E-state index in [0.717, 1.165) is 0 Å². The van der Waals surface area contributed by atoms with E-state index in [-0.39, 0.29) is 31.9 Å².